The zero-order valence-electron chi connectivity index (χ0n) is 16.6. The predicted octanol–water partition coefficient (Wildman–Crippen LogP) is 2.50. The fraction of sp³-hybridized carbons (Fsp3) is 0.667. The second-order valence-corrected chi connectivity index (χ2v) is 8.05. The Balaban J connectivity index is 0.00000140. The highest BCUT2D eigenvalue weighted by Crippen LogP contribution is 2.27. The number of carbonyl (C=O) groups excluding carboxylic acids is 1. The maximum atomic E-state index is 12.7. The van der Waals surface area contributed by atoms with E-state index in [-0.39, 0.29) is 24.8 Å². The first-order chi connectivity index (χ1) is 12.8. The van der Waals surface area contributed by atoms with Crippen molar-refractivity contribution in [3.63, 3.8) is 0 Å². The van der Waals surface area contributed by atoms with Crippen molar-refractivity contribution in [1.29, 1.82) is 0 Å². The lowest BCUT2D eigenvalue weighted by Gasteiger charge is -2.36. The topological polar surface area (TPSA) is 38.8 Å². The Morgan fingerprint density at radius 1 is 0.893 bits per heavy atom. The molecule has 28 heavy (non-hydrogen) atoms. The van der Waals surface area contributed by atoms with Gasteiger partial charge < -0.3 is 15.1 Å². The maximum Gasteiger partial charge on any atom is 0.223 e. The van der Waals surface area contributed by atoms with E-state index in [4.69, 9.17) is 0 Å². The molecule has 0 saturated carbocycles. The Kier molecular flexibility index (Phi) is 9.35. The SMILES string of the molecule is Cl.Cl.O=C(CCN1CCN(c2ccccc2)CC1)N1CC[C@@H]2CNC[C@@H]2CC1. The number of carbonyl (C=O) groups is 1. The number of piperazine rings is 1. The van der Waals surface area contributed by atoms with E-state index in [9.17, 15) is 4.79 Å². The summed E-state index contributed by atoms with van der Waals surface area (Å²) in [5.74, 6) is 1.95. The molecule has 2 atom stereocenters. The smallest absolute Gasteiger partial charge is 0.223 e. The van der Waals surface area contributed by atoms with Crippen molar-refractivity contribution >= 4 is 36.4 Å². The molecule has 5 nitrogen and oxygen atoms in total. The molecule has 1 N–H and O–H groups in total. The molecule has 0 bridgehead atoms. The third kappa shape index (κ3) is 5.76. The van der Waals surface area contributed by atoms with Crippen LogP contribution in [0.4, 0.5) is 5.69 Å². The quantitative estimate of drug-likeness (QED) is 0.799. The summed E-state index contributed by atoms with van der Waals surface area (Å²) in [5, 5.41) is 3.51. The lowest BCUT2D eigenvalue weighted by atomic mass is 9.92. The van der Waals surface area contributed by atoms with Gasteiger partial charge >= 0.3 is 0 Å². The van der Waals surface area contributed by atoms with Crippen molar-refractivity contribution < 1.29 is 4.79 Å². The van der Waals surface area contributed by atoms with Crippen molar-refractivity contribution in [2.45, 2.75) is 19.3 Å². The molecule has 1 aromatic rings. The van der Waals surface area contributed by atoms with E-state index >= 15 is 0 Å². The minimum atomic E-state index is 0. The second kappa shape index (κ2) is 11.2. The largest absolute Gasteiger partial charge is 0.369 e. The Bertz CT molecular complexity index is 581. The van der Waals surface area contributed by atoms with Gasteiger partial charge in [0.2, 0.25) is 5.91 Å². The van der Waals surface area contributed by atoms with Gasteiger partial charge in [-0.05, 0) is 49.9 Å². The Morgan fingerprint density at radius 2 is 1.50 bits per heavy atom. The standard InChI is InChI=1S/C21H32N4O.2ClH/c26-21(25-10-6-18-16-22-17-19(18)7-11-25)8-9-23-12-14-24(15-13-23)20-4-2-1-3-5-20;;/h1-5,18-19,22H,6-17H2;2*1H/t18-,19+;;. The summed E-state index contributed by atoms with van der Waals surface area (Å²) >= 11 is 0. The third-order valence-electron chi connectivity index (χ3n) is 6.51. The number of hydrogen-bond acceptors (Lipinski definition) is 4. The van der Waals surface area contributed by atoms with Crippen molar-refractivity contribution in [3.8, 4) is 0 Å². The normalized spacial score (nSPS) is 25.3. The highest BCUT2D eigenvalue weighted by atomic mass is 35.5. The van der Waals surface area contributed by atoms with Gasteiger partial charge in [0.05, 0.1) is 0 Å². The van der Waals surface area contributed by atoms with Gasteiger partial charge in [0.25, 0.3) is 0 Å². The molecule has 3 heterocycles. The van der Waals surface area contributed by atoms with Crippen LogP contribution in [-0.2, 0) is 4.79 Å². The summed E-state index contributed by atoms with van der Waals surface area (Å²) in [4.78, 5) is 19.7. The van der Waals surface area contributed by atoms with Crippen molar-refractivity contribution in [2.75, 3.05) is 63.8 Å². The van der Waals surface area contributed by atoms with Gasteiger partial charge in [-0.1, -0.05) is 18.2 Å². The number of rotatable bonds is 4. The zero-order valence-corrected chi connectivity index (χ0v) is 18.2. The minimum absolute atomic E-state index is 0. The van der Waals surface area contributed by atoms with E-state index in [1.807, 2.05) is 0 Å². The molecule has 158 valence electrons. The summed E-state index contributed by atoms with van der Waals surface area (Å²) in [6, 6.07) is 10.6. The molecule has 1 aromatic carbocycles. The van der Waals surface area contributed by atoms with Crippen molar-refractivity contribution in [3.05, 3.63) is 30.3 Å². The van der Waals surface area contributed by atoms with Gasteiger partial charge in [0.1, 0.15) is 0 Å². The Labute approximate surface area is 181 Å². The van der Waals surface area contributed by atoms with Gasteiger partial charge in [0.15, 0.2) is 0 Å². The van der Waals surface area contributed by atoms with Crippen LogP contribution in [0.2, 0.25) is 0 Å². The van der Waals surface area contributed by atoms with Gasteiger partial charge in [-0.25, -0.2) is 0 Å². The van der Waals surface area contributed by atoms with E-state index in [0.29, 0.717) is 12.3 Å². The van der Waals surface area contributed by atoms with Crippen LogP contribution in [0.15, 0.2) is 30.3 Å². The monoisotopic (exact) mass is 428 g/mol. The average Bonchev–Trinajstić information content (AvgIpc) is 3.05. The summed E-state index contributed by atoms with van der Waals surface area (Å²) in [5.41, 5.74) is 1.31. The van der Waals surface area contributed by atoms with E-state index < -0.39 is 0 Å². The van der Waals surface area contributed by atoms with Crippen LogP contribution >= 0.6 is 24.8 Å². The fourth-order valence-electron chi connectivity index (χ4n) is 4.75. The zero-order chi connectivity index (χ0) is 17.8. The molecule has 0 unspecified atom stereocenters. The third-order valence-corrected chi connectivity index (χ3v) is 6.51. The van der Waals surface area contributed by atoms with Crippen LogP contribution in [-0.4, -0.2) is 74.6 Å². The lowest BCUT2D eigenvalue weighted by molar-refractivity contribution is -0.131. The summed E-state index contributed by atoms with van der Waals surface area (Å²) in [6.45, 7) is 9.35. The van der Waals surface area contributed by atoms with Gasteiger partial charge in [-0.15, -0.1) is 24.8 Å². The lowest BCUT2D eigenvalue weighted by Crippen LogP contribution is -2.47. The van der Waals surface area contributed by atoms with Crippen LogP contribution in [0.25, 0.3) is 0 Å². The summed E-state index contributed by atoms with van der Waals surface area (Å²) < 4.78 is 0. The van der Waals surface area contributed by atoms with Crippen molar-refractivity contribution in [1.82, 2.24) is 15.1 Å². The van der Waals surface area contributed by atoms with Crippen LogP contribution in [0.3, 0.4) is 0 Å². The minimum Gasteiger partial charge on any atom is -0.369 e. The van der Waals surface area contributed by atoms with E-state index in [2.05, 4.69) is 50.3 Å². The fourth-order valence-corrected chi connectivity index (χ4v) is 4.75. The molecule has 0 aromatic heterocycles. The average molecular weight is 429 g/mol. The molecule has 3 aliphatic heterocycles. The molecule has 1 amide bonds. The number of hydrogen-bond donors (Lipinski definition) is 1. The number of amides is 1. The van der Waals surface area contributed by atoms with Gasteiger partial charge in [0, 0.05) is 57.9 Å². The number of likely N-dealkylation sites (tertiary alicyclic amines) is 1. The van der Waals surface area contributed by atoms with Crippen LogP contribution in [0, 0.1) is 11.8 Å². The second-order valence-electron chi connectivity index (χ2n) is 8.05. The highest BCUT2D eigenvalue weighted by Gasteiger charge is 2.31. The first kappa shape index (κ1) is 23.3. The summed E-state index contributed by atoms with van der Waals surface area (Å²) in [6.07, 6.45) is 3.04. The molecule has 0 aliphatic carbocycles. The van der Waals surface area contributed by atoms with Gasteiger partial charge in [-0.3, -0.25) is 9.69 Å². The van der Waals surface area contributed by atoms with E-state index in [1.54, 1.807) is 0 Å². The van der Waals surface area contributed by atoms with E-state index in [0.717, 1.165) is 70.7 Å². The summed E-state index contributed by atoms with van der Waals surface area (Å²) in [7, 11) is 0. The molecule has 3 saturated heterocycles. The molecule has 4 rings (SSSR count). The number of benzene rings is 1. The number of para-hydroxylation sites is 1. The Morgan fingerprint density at radius 3 is 2.11 bits per heavy atom. The number of halogens is 2. The highest BCUT2D eigenvalue weighted by molar-refractivity contribution is 5.85. The molecule has 0 radical (unpaired) electrons. The molecular formula is C21H34Cl2N4O. The van der Waals surface area contributed by atoms with Crippen molar-refractivity contribution in [2.24, 2.45) is 11.8 Å². The molecular weight excluding hydrogens is 395 g/mol. The molecule has 0 spiro atoms. The molecule has 3 aliphatic rings. The van der Waals surface area contributed by atoms with Crippen LogP contribution < -0.4 is 10.2 Å². The first-order valence-electron chi connectivity index (χ1n) is 10.3. The maximum absolute atomic E-state index is 12.7. The molecule has 3 fully saturated rings. The first-order valence-corrected chi connectivity index (χ1v) is 10.3. The van der Waals surface area contributed by atoms with E-state index in [1.165, 1.54) is 18.5 Å². The number of nitrogens with one attached hydrogen (secondary N) is 1. The number of nitrogens with zero attached hydrogens (tertiary/aromatic N) is 3. The Hall–Kier alpha value is -1.01. The molecule has 7 heteroatoms. The number of anilines is 1. The number of fused-ring (bicyclic) bond motifs is 1. The van der Waals surface area contributed by atoms with Gasteiger partial charge in [-0.2, -0.15) is 0 Å². The van der Waals surface area contributed by atoms with Crippen LogP contribution in [0.1, 0.15) is 19.3 Å². The predicted molar refractivity (Wildman–Crippen MR) is 120 cm³/mol. The van der Waals surface area contributed by atoms with Crippen LogP contribution in [0.5, 0.6) is 0 Å².